The summed E-state index contributed by atoms with van der Waals surface area (Å²) in [6.07, 6.45) is 18.5. The normalized spacial score (nSPS) is 20.7. The van der Waals surface area contributed by atoms with Gasteiger partial charge in [0.25, 0.3) is 0 Å². The molecule has 49 heavy (non-hydrogen) atoms. The molecule has 234 valence electrons. The number of aliphatic imine (C=N–C) groups is 1. The molecule has 4 aliphatic rings. The highest BCUT2D eigenvalue weighted by Gasteiger charge is 2.36. The number of hydrogen-bond donors (Lipinski definition) is 0. The van der Waals surface area contributed by atoms with Crippen molar-refractivity contribution in [3.8, 4) is 22.3 Å². The lowest BCUT2D eigenvalue weighted by atomic mass is 9.78. The molecule has 5 aromatic carbocycles. The van der Waals surface area contributed by atoms with Gasteiger partial charge in [-0.05, 0) is 74.7 Å². The second-order valence-electron chi connectivity index (χ2n) is 14.0. The van der Waals surface area contributed by atoms with Gasteiger partial charge in [-0.15, -0.1) is 0 Å². The number of allylic oxidation sites excluding steroid dienone is 9. The molecule has 0 spiro atoms. The van der Waals surface area contributed by atoms with Crippen LogP contribution < -0.4 is 0 Å². The van der Waals surface area contributed by atoms with Crippen molar-refractivity contribution in [2.45, 2.75) is 20.3 Å². The molecule has 2 heteroatoms. The summed E-state index contributed by atoms with van der Waals surface area (Å²) in [5.74, 6) is 0.750. The number of fused-ring (bicyclic) bond motifs is 6. The van der Waals surface area contributed by atoms with Gasteiger partial charge in [0.2, 0.25) is 0 Å². The van der Waals surface area contributed by atoms with E-state index in [1.807, 2.05) is 0 Å². The van der Waals surface area contributed by atoms with E-state index in [4.69, 9.17) is 11.6 Å². The van der Waals surface area contributed by atoms with E-state index in [1.165, 1.54) is 71.7 Å². The van der Waals surface area contributed by atoms with E-state index in [0.29, 0.717) is 5.92 Å². The Morgan fingerprint density at radius 2 is 1.49 bits per heavy atom. The Hall–Kier alpha value is -5.73. The van der Waals surface area contributed by atoms with E-state index in [0.717, 1.165) is 29.0 Å². The highest BCUT2D eigenvalue weighted by Crippen LogP contribution is 2.54. The SMILES string of the molecule is C=C1CC=CC=Cc2cc3c4c5c6c(cccc6ccc5n(C5=C(c6ccccc6)N=C6C=CC=CC6C(C)C5C)c4c21)-c1ccccc1-3. The molecule has 3 atom stereocenters. The molecule has 2 heterocycles. The molecular weight excluding hydrogens is 593 g/mol. The molecular formula is C47H36N2. The molecule has 0 N–H and O–H groups in total. The van der Waals surface area contributed by atoms with E-state index >= 15 is 0 Å². The van der Waals surface area contributed by atoms with Gasteiger partial charge in [-0.3, -0.25) is 4.99 Å². The maximum atomic E-state index is 5.63. The Bertz CT molecular complexity index is 2610. The minimum Gasteiger partial charge on any atom is -0.310 e. The maximum absolute atomic E-state index is 5.63. The molecule has 3 unspecified atom stereocenters. The van der Waals surface area contributed by atoms with Gasteiger partial charge in [0.1, 0.15) is 0 Å². The monoisotopic (exact) mass is 628 g/mol. The van der Waals surface area contributed by atoms with Gasteiger partial charge >= 0.3 is 0 Å². The van der Waals surface area contributed by atoms with E-state index < -0.39 is 0 Å². The second-order valence-corrected chi connectivity index (χ2v) is 14.0. The minimum atomic E-state index is 0.189. The number of nitrogens with zero attached hydrogens (tertiary/aromatic N) is 2. The summed E-state index contributed by atoms with van der Waals surface area (Å²) in [5, 5.41) is 5.22. The second kappa shape index (κ2) is 10.6. The van der Waals surface area contributed by atoms with Gasteiger partial charge in [-0.25, -0.2) is 0 Å². The highest BCUT2D eigenvalue weighted by molar-refractivity contribution is 6.32. The third kappa shape index (κ3) is 3.98. The lowest BCUT2D eigenvalue weighted by Crippen LogP contribution is -2.25. The lowest BCUT2D eigenvalue weighted by molar-refractivity contribution is 0.421. The number of aromatic nitrogens is 1. The number of benzene rings is 5. The molecule has 0 fully saturated rings. The van der Waals surface area contributed by atoms with Crippen molar-refractivity contribution >= 4 is 61.3 Å². The van der Waals surface area contributed by atoms with Gasteiger partial charge in [-0.2, -0.15) is 0 Å². The van der Waals surface area contributed by atoms with E-state index in [1.54, 1.807) is 0 Å². The predicted molar refractivity (Wildman–Crippen MR) is 210 cm³/mol. The largest absolute Gasteiger partial charge is 0.310 e. The molecule has 0 amide bonds. The molecule has 0 bridgehead atoms. The molecule has 0 saturated carbocycles. The van der Waals surface area contributed by atoms with Crippen molar-refractivity contribution in [3.63, 3.8) is 0 Å². The fourth-order valence-corrected chi connectivity index (χ4v) is 8.97. The lowest BCUT2D eigenvalue weighted by Gasteiger charge is -2.29. The van der Waals surface area contributed by atoms with Crippen LogP contribution in [-0.4, -0.2) is 10.3 Å². The van der Waals surface area contributed by atoms with Gasteiger partial charge in [0.05, 0.1) is 22.4 Å². The first kappa shape index (κ1) is 28.3. The van der Waals surface area contributed by atoms with E-state index in [2.05, 4.69) is 158 Å². The van der Waals surface area contributed by atoms with Crippen molar-refractivity contribution < 1.29 is 0 Å². The van der Waals surface area contributed by atoms with Crippen LogP contribution in [0.1, 0.15) is 37.0 Å². The van der Waals surface area contributed by atoms with Crippen LogP contribution in [0.3, 0.4) is 0 Å². The first-order valence-electron chi connectivity index (χ1n) is 17.5. The smallest absolute Gasteiger partial charge is 0.0906 e. The molecule has 6 aromatic rings. The predicted octanol–water partition coefficient (Wildman–Crippen LogP) is 12.4. The Morgan fingerprint density at radius 3 is 2.35 bits per heavy atom. The Morgan fingerprint density at radius 1 is 0.714 bits per heavy atom. The molecule has 1 aromatic heterocycles. The quantitative estimate of drug-likeness (QED) is 0.181. The first-order chi connectivity index (χ1) is 24.1. The van der Waals surface area contributed by atoms with Gasteiger partial charge in [0, 0.05) is 39.4 Å². The van der Waals surface area contributed by atoms with Crippen molar-refractivity contribution in [1.29, 1.82) is 0 Å². The van der Waals surface area contributed by atoms with Crippen molar-refractivity contribution in [2.24, 2.45) is 22.7 Å². The van der Waals surface area contributed by atoms with Crippen molar-refractivity contribution in [1.82, 2.24) is 4.57 Å². The maximum Gasteiger partial charge on any atom is 0.0906 e. The molecule has 1 aliphatic heterocycles. The molecule has 0 saturated heterocycles. The Balaban J connectivity index is 1.48. The minimum absolute atomic E-state index is 0.189. The average molecular weight is 629 g/mol. The fraction of sp³-hybridized carbons (Fsp3) is 0.128. The van der Waals surface area contributed by atoms with Crippen LogP contribution in [0, 0.1) is 17.8 Å². The third-order valence-electron chi connectivity index (χ3n) is 11.4. The summed E-state index contributed by atoms with van der Waals surface area (Å²) in [7, 11) is 0. The molecule has 0 radical (unpaired) electrons. The highest BCUT2D eigenvalue weighted by atomic mass is 15.0. The van der Waals surface area contributed by atoms with Gasteiger partial charge in [0.15, 0.2) is 0 Å². The van der Waals surface area contributed by atoms with Crippen molar-refractivity contribution in [3.05, 3.63) is 157 Å². The van der Waals surface area contributed by atoms with Crippen LogP contribution in [0.25, 0.3) is 77.9 Å². The standard InChI is InChI=1S/C47H36N2/c1-28-15-6-4-9-18-33-27-38-36-22-11-10-21-35(36)37-23-14-19-31-25-26-40-44(42(31)37)43(38)47(41(28)33)49(40)46-30(3)29(2)34-20-12-13-24-39(34)48-45(46)32-16-7-5-8-17-32/h4-14,16-27,29-30,34H,1,15H2,2-3H3. The van der Waals surface area contributed by atoms with E-state index in [9.17, 15) is 0 Å². The zero-order valence-electron chi connectivity index (χ0n) is 27.8. The summed E-state index contributed by atoms with van der Waals surface area (Å²) in [4.78, 5) is 5.63. The zero-order chi connectivity index (χ0) is 32.8. The van der Waals surface area contributed by atoms with Crippen LogP contribution >= 0.6 is 0 Å². The number of rotatable bonds is 2. The van der Waals surface area contributed by atoms with Crippen LogP contribution in [0.4, 0.5) is 0 Å². The first-order valence-corrected chi connectivity index (χ1v) is 17.5. The summed E-state index contributed by atoms with van der Waals surface area (Å²) < 4.78 is 2.62. The average Bonchev–Trinajstić information content (AvgIpc) is 3.35. The number of hydrogen-bond acceptors (Lipinski definition) is 1. The van der Waals surface area contributed by atoms with Crippen LogP contribution in [0.5, 0.6) is 0 Å². The summed E-state index contributed by atoms with van der Waals surface area (Å²) in [5.41, 5.74) is 15.7. The Labute approximate surface area is 287 Å². The molecule has 10 rings (SSSR count). The van der Waals surface area contributed by atoms with Crippen molar-refractivity contribution in [2.75, 3.05) is 0 Å². The molecule has 3 aliphatic carbocycles. The van der Waals surface area contributed by atoms with Crippen LogP contribution in [0.2, 0.25) is 0 Å². The van der Waals surface area contributed by atoms with Gasteiger partial charge < -0.3 is 4.57 Å². The fourth-order valence-electron chi connectivity index (χ4n) is 8.97. The van der Waals surface area contributed by atoms with Gasteiger partial charge in [-0.1, -0.05) is 142 Å². The van der Waals surface area contributed by atoms with Crippen LogP contribution in [0.15, 0.2) is 145 Å². The van der Waals surface area contributed by atoms with Crippen LogP contribution in [-0.2, 0) is 0 Å². The topological polar surface area (TPSA) is 17.3 Å². The zero-order valence-corrected chi connectivity index (χ0v) is 27.8. The third-order valence-corrected chi connectivity index (χ3v) is 11.4. The summed E-state index contributed by atoms with van der Waals surface area (Å²) >= 11 is 0. The summed E-state index contributed by atoms with van der Waals surface area (Å²) in [6.45, 7) is 9.60. The Kier molecular flexibility index (Phi) is 6.14. The molecule has 2 nitrogen and oxygen atoms in total. The van der Waals surface area contributed by atoms with E-state index in [-0.39, 0.29) is 11.8 Å². The summed E-state index contributed by atoms with van der Waals surface area (Å²) in [6, 6.07) is 33.7.